The van der Waals surface area contributed by atoms with E-state index in [0.717, 1.165) is 31.4 Å². The molecular formula is C17H25NO3. The third-order valence-electron chi connectivity index (χ3n) is 4.29. The van der Waals surface area contributed by atoms with E-state index in [1.54, 1.807) is 7.05 Å². The van der Waals surface area contributed by atoms with E-state index < -0.39 is 5.54 Å². The molecule has 1 fully saturated rings. The molecule has 0 spiro atoms. The van der Waals surface area contributed by atoms with Crippen molar-refractivity contribution in [2.45, 2.75) is 50.7 Å². The van der Waals surface area contributed by atoms with Gasteiger partial charge in [-0.1, -0.05) is 25.5 Å². The van der Waals surface area contributed by atoms with Crippen molar-refractivity contribution in [3.05, 3.63) is 29.8 Å². The first-order chi connectivity index (χ1) is 10.1. The number of aryl methyl sites for hydroxylation is 1. The van der Waals surface area contributed by atoms with Crippen molar-refractivity contribution in [1.82, 2.24) is 5.32 Å². The lowest BCUT2D eigenvalue weighted by molar-refractivity contribution is -0.148. The molecule has 0 aromatic heterocycles. The monoisotopic (exact) mass is 291 g/mol. The molecule has 0 radical (unpaired) electrons. The van der Waals surface area contributed by atoms with Crippen molar-refractivity contribution in [1.29, 1.82) is 0 Å². The van der Waals surface area contributed by atoms with Crippen LogP contribution in [0.25, 0.3) is 0 Å². The molecule has 0 heterocycles. The van der Waals surface area contributed by atoms with Gasteiger partial charge in [0, 0.05) is 6.42 Å². The van der Waals surface area contributed by atoms with Crippen molar-refractivity contribution < 1.29 is 14.3 Å². The number of carbonyl (C=O) groups is 1. The van der Waals surface area contributed by atoms with E-state index in [1.165, 1.54) is 12.7 Å². The maximum Gasteiger partial charge on any atom is 0.326 e. The lowest BCUT2D eigenvalue weighted by Crippen LogP contribution is -2.49. The highest BCUT2D eigenvalue weighted by Crippen LogP contribution is 2.33. The molecule has 2 atom stereocenters. The number of hydrogen-bond donors (Lipinski definition) is 1. The van der Waals surface area contributed by atoms with Crippen molar-refractivity contribution in [2.24, 2.45) is 0 Å². The SMILES string of the molecule is CCCc1ccc(OC2CCC(NC)(C(=O)OC)C2)cc1. The Balaban J connectivity index is 1.97. The molecule has 1 aliphatic rings. The Kier molecular flexibility index (Phi) is 5.23. The summed E-state index contributed by atoms with van der Waals surface area (Å²) in [6, 6.07) is 8.25. The van der Waals surface area contributed by atoms with E-state index in [0.29, 0.717) is 6.42 Å². The zero-order valence-electron chi connectivity index (χ0n) is 13.1. The summed E-state index contributed by atoms with van der Waals surface area (Å²) in [4.78, 5) is 11.9. The Morgan fingerprint density at radius 2 is 2.10 bits per heavy atom. The average Bonchev–Trinajstić information content (AvgIpc) is 2.93. The maximum absolute atomic E-state index is 11.9. The molecule has 1 aromatic carbocycles. The van der Waals surface area contributed by atoms with Gasteiger partial charge in [-0.05, 0) is 44.0 Å². The molecule has 21 heavy (non-hydrogen) atoms. The Hall–Kier alpha value is -1.55. The van der Waals surface area contributed by atoms with Gasteiger partial charge in [0.2, 0.25) is 0 Å². The summed E-state index contributed by atoms with van der Waals surface area (Å²) in [7, 11) is 3.24. The molecule has 2 rings (SSSR count). The summed E-state index contributed by atoms with van der Waals surface area (Å²) < 4.78 is 10.9. The van der Waals surface area contributed by atoms with E-state index in [2.05, 4.69) is 24.4 Å². The number of likely N-dealkylation sites (N-methyl/N-ethyl adjacent to an activating group) is 1. The van der Waals surface area contributed by atoms with Gasteiger partial charge in [0.15, 0.2) is 0 Å². The number of benzene rings is 1. The third-order valence-corrected chi connectivity index (χ3v) is 4.29. The maximum atomic E-state index is 11.9. The summed E-state index contributed by atoms with van der Waals surface area (Å²) in [5.74, 6) is 0.672. The van der Waals surface area contributed by atoms with E-state index in [9.17, 15) is 4.79 Å². The Morgan fingerprint density at radius 1 is 1.38 bits per heavy atom. The minimum atomic E-state index is -0.596. The molecule has 0 aliphatic heterocycles. The Morgan fingerprint density at radius 3 is 2.67 bits per heavy atom. The molecular weight excluding hydrogens is 266 g/mol. The van der Waals surface area contributed by atoms with Gasteiger partial charge in [-0.15, -0.1) is 0 Å². The first kappa shape index (κ1) is 15.8. The second-order valence-corrected chi connectivity index (χ2v) is 5.70. The number of ether oxygens (including phenoxy) is 2. The van der Waals surface area contributed by atoms with Gasteiger partial charge in [0.05, 0.1) is 7.11 Å². The van der Waals surface area contributed by atoms with Crippen molar-refractivity contribution >= 4 is 5.97 Å². The molecule has 1 N–H and O–H groups in total. The summed E-state index contributed by atoms with van der Waals surface area (Å²) in [6.07, 6.45) is 4.53. The third kappa shape index (κ3) is 3.56. The number of methoxy groups -OCH3 is 1. The van der Waals surface area contributed by atoms with Gasteiger partial charge in [-0.3, -0.25) is 4.79 Å². The fourth-order valence-corrected chi connectivity index (χ4v) is 3.03. The topological polar surface area (TPSA) is 47.6 Å². The summed E-state index contributed by atoms with van der Waals surface area (Å²) in [5, 5.41) is 3.12. The lowest BCUT2D eigenvalue weighted by Gasteiger charge is -2.25. The van der Waals surface area contributed by atoms with Crippen LogP contribution in [0.3, 0.4) is 0 Å². The van der Waals surface area contributed by atoms with E-state index in [1.807, 2.05) is 12.1 Å². The summed E-state index contributed by atoms with van der Waals surface area (Å²) in [5.41, 5.74) is 0.733. The second-order valence-electron chi connectivity index (χ2n) is 5.70. The molecule has 1 saturated carbocycles. The largest absolute Gasteiger partial charge is 0.490 e. The smallest absolute Gasteiger partial charge is 0.326 e. The van der Waals surface area contributed by atoms with Gasteiger partial charge in [0.1, 0.15) is 17.4 Å². The van der Waals surface area contributed by atoms with Crippen LogP contribution < -0.4 is 10.1 Å². The van der Waals surface area contributed by atoms with Gasteiger partial charge in [-0.2, -0.15) is 0 Å². The Labute approximate surface area is 126 Å². The number of esters is 1. The molecule has 0 saturated heterocycles. The number of carbonyl (C=O) groups excluding carboxylic acids is 1. The number of nitrogens with one attached hydrogen (secondary N) is 1. The summed E-state index contributed by atoms with van der Waals surface area (Å²) >= 11 is 0. The van der Waals surface area contributed by atoms with E-state index >= 15 is 0 Å². The van der Waals surface area contributed by atoms with Crippen LogP contribution in [-0.2, 0) is 16.0 Å². The van der Waals surface area contributed by atoms with Crippen LogP contribution in [-0.4, -0.2) is 31.8 Å². The van der Waals surface area contributed by atoms with Crippen LogP contribution in [0, 0.1) is 0 Å². The first-order valence-electron chi connectivity index (χ1n) is 7.66. The van der Waals surface area contributed by atoms with Crippen LogP contribution in [0.15, 0.2) is 24.3 Å². The fraction of sp³-hybridized carbons (Fsp3) is 0.588. The van der Waals surface area contributed by atoms with E-state index in [4.69, 9.17) is 9.47 Å². The Bertz CT molecular complexity index is 471. The summed E-state index contributed by atoms with van der Waals surface area (Å²) in [6.45, 7) is 2.17. The highest BCUT2D eigenvalue weighted by molar-refractivity contribution is 5.81. The normalized spacial score (nSPS) is 24.8. The molecule has 1 aromatic rings. The standard InChI is InChI=1S/C17H25NO3/c1-4-5-13-6-8-14(9-7-13)21-15-10-11-17(12-15,18-2)16(19)20-3/h6-9,15,18H,4-5,10-12H2,1-3H3. The fourth-order valence-electron chi connectivity index (χ4n) is 3.03. The molecule has 1 aliphatic carbocycles. The minimum absolute atomic E-state index is 0.0496. The molecule has 4 heteroatoms. The molecule has 0 amide bonds. The first-order valence-corrected chi connectivity index (χ1v) is 7.66. The predicted octanol–water partition coefficient (Wildman–Crippen LogP) is 2.70. The van der Waals surface area contributed by atoms with E-state index in [-0.39, 0.29) is 12.1 Å². The quantitative estimate of drug-likeness (QED) is 0.819. The highest BCUT2D eigenvalue weighted by Gasteiger charge is 2.46. The van der Waals surface area contributed by atoms with Gasteiger partial charge < -0.3 is 14.8 Å². The van der Waals surface area contributed by atoms with Crippen molar-refractivity contribution in [3.8, 4) is 5.75 Å². The zero-order valence-corrected chi connectivity index (χ0v) is 13.1. The number of hydrogen-bond acceptors (Lipinski definition) is 4. The van der Waals surface area contributed by atoms with Crippen LogP contribution >= 0.6 is 0 Å². The highest BCUT2D eigenvalue weighted by atomic mass is 16.5. The predicted molar refractivity (Wildman–Crippen MR) is 82.5 cm³/mol. The number of rotatable bonds is 6. The molecule has 116 valence electrons. The van der Waals surface area contributed by atoms with Gasteiger partial charge in [0.25, 0.3) is 0 Å². The van der Waals surface area contributed by atoms with Crippen LogP contribution in [0.1, 0.15) is 38.2 Å². The van der Waals surface area contributed by atoms with Crippen molar-refractivity contribution in [2.75, 3.05) is 14.2 Å². The second kappa shape index (κ2) is 6.94. The minimum Gasteiger partial charge on any atom is -0.490 e. The van der Waals surface area contributed by atoms with Crippen LogP contribution in [0.5, 0.6) is 5.75 Å². The van der Waals surface area contributed by atoms with Gasteiger partial charge in [-0.25, -0.2) is 0 Å². The van der Waals surface area contributed by atoms with Crippen LogP contribution in [0.2, 0.25) is 0 Å². The van der Waals surface area contributed by atoms with Crippen LogP contribution in [0.4, 0.5) is 0 Å². The van der Waals surface area contributed by atoms with Gasteiger partial charge >= 0.3 is 5.97 Å². The van der Waals surface area contributed by atoms with Crippen molar-refractivity contribution in [3.63, 3.8) is 0 Å². The molecule has 0 bridgehead atoms. The zero-order chi connectivity index (χ0) is 15.3. The molecule has 2 unspecified atom stereocenters. The average molecular weight is 291 g/mol. The molecule has 4 nitrogen and oxygen atoms in total. The lowest BCUT2D eigenvalue weighted by atomic mass is 9.98.